The third kappa shape index (κ3) is 4.78. The summed E-state index contributed by atoms with van der Waals surface area (Å²) in [7, 11) is 0. The third-order valence-corrected chi connectivity index (χ3v) is 7.63. The Morgan fingerprint density at radius 3 is 2.61 bits per heavy atom. The number of hydrogen-bond donors (Lipinski definition) is 0. The molecule has 1 saturated heterocycles. The van der Waals surface area contributed by atoms with Gasteiger partial charge in [0.15, 0.2) is 12.4 Å². The van der Waals surface area contributed by atoms with Crippen molar-refractivity contribution in [3.63, 3.8) is 0 Å². The molecule has 33 heavy (non-hydrogen) atoms. The molecule has 2 aliphatic rings. The van der Waals surface area contributed by atoms with Gasteiger partial charge in [0.1, 0.15) is 0 Å². The molecule has 1 aromatic carbocycles. The lowest BCUT2D eigenvalue weighted by Gasteiger charge is -2.37. The van der Waals surface area contributed by atoms with E-state index in [9.17, 15) is 10.0 Å². The smallest absolute Gasteiger partial charge is 0.226 e. The second kappa shape index (κ2) is 9.43. The van der Waals surface area contributed by atoms with Crippen molar-refractivity contribution in [1.29, 1.82) is 0 Å². The van der Waals surface area contributed by atoms with E-state index in [0.717, 1.165) is 58.6 Å². The summed E-state index contributed by atoms with van der Waals surface area (Å²) < 4.78 is 1.74. The average Bonchev–Trinajstić information content (AvgIpc) is 2.97. The largest absolute Gasteiger partial charge is 0.619 e. The Morgan fingerprint density at radius 1 is 1.12 bits per heavy atom. The Bertz CT molecular complexity index is 1120. The average molecular weight is 527 g/mol. The van der Waals surface area contributed by atoms with Crippen LogP contribution in [-0.4, -0.2) is 28.9 Å². The van der Waals surface area contributed by atoms with Crippen molar-refractivity contribution in [2.24, 2.45) is 5.92 Å². The van der Waals surface area contributed by atoms with Crippen LogP contribution in [0.4, 0.5) is 0 Å². The van der Waals surface area contributed by atoms with E-state index in [4.69, 9.17) is 16.6 Å². The summed E-state index contributed by atoms with van der Waals surface area (Å²) >= 11 is 9.93. The van der Waals surface area contributed by atoms with Crippen LogP contribution in [0.5, 0.6) is 0 Å². The number of halogens is 2. The molecule has 5 nitrogen and oxygen atoms in total. The number of aromatic nitrogens is 2. The summed E-state index contributed by atoms with van der Waals surface area (Å²) in [5.74, 6) is 0.741. The number of fused-ring (bicyclic) bond motifs is 2. The van der Waals surface area contributed by atoms with E-state index in [0.29, 0.717) is 12.3 Å². The van der Waals surface area contributed by atoms with Crippen molar-refractivity contribution < 1.29 is 9.52 Å². The Hall–Kier alpha value is -2.44. The molecule has 2 aromatic heterocycles. The van der Waals surface area contributed by atoms with Gasteiger partial charge in [0.25, 0.3) is 0 Å². The summed E-state index contributed by atoms with van der Waals surface area (Å²) in [4.78, 5) is 19.7. The molecule has 1 fully saturated rings. The van der Waals surface area contributed by atoms with E-state index >= 15 is 0 Å². The van der Waals surface area contributed by atoms with Crippen molar-refractivity contribution in [2.75, 3.05) is 13.1 Å². The Morgan fingerprint density at radius 2 is 1.85 bits per heavy atom. The zero-order valence-corrected chi connectivity index (χ0v) is 20.6. The number of piperidine rings is 1. The lowest BCUT2D eigenvalue weighted by molar-refractivity contribution is -0.605. The van der Waals surface area contributed by atoms with Crippen molar-refractivity contribution in [1.82, 2.24) is 9.88 Å². The van der Waals surface area contributed by atoms with Crippen LogP contribution >= 0.6 is 27.5 Å². The number of hydrogen-bond acceptors (Lipinski definition) is 3. The molecule has 170 valence electrons. The molecule has 0 bridgehead atoms. The summed E-state index contributed by atoms with van der Waals surface area (Å²) in [5, 5.41) is 12.0. The minimum atomic E-state index is 0.118. The van der Waals surface area contributed by atoms with Crippen LogP contribution in [-0.2, 0) is 24.1 Å². The van der Waals surface area contributed by atoms with Gasteiger partial charge in [-0.25, -0.2) is 0 Å². The predicted molar refractivity (Wildman–Crippen MR) is 131 cm³/mol. The van der Waals surface area contributed by atoms with Crippen LogP contribution in [0.25, 0.3) is 0 Å². The first-order valence-electron chi connectivity index (χ1n) is 11.4. The highest BCUT2D eigenvalue weighted by Gasteiger charge is 2.35. The van der Waals surface area contributed by atoms with Crippen LogP contribution in [0.3, 0.4) is 0 Å². The maximum atomic E-state index is 12.9. The molecule has 1 aliphatic heterocycles. The number of aryl methyl sites for hydroxylation is 2. The first-order valence-corrected chi connectivity index (χ1v) is 12.5. The molecule has 3 heterocycles. The molecule has 3 aromatic rings. The van der Waals surface area contributed by atoms with Crippen molar-refractivity contribution in [2.45, 2.75) is 38.0 Å². The zero-order valence-electron chi connectivity index (χ0n) is 18.2. The molecule has 1 atom stereocenters. The summed E-state index contributed by atoms with van der Waals surface area (Å²) in [6, 6.07) is 11.9. The molecule has 1 amide bonds. The number of pyridine rings is 2. The van der Waals surface area contributed by atoms with Crippen LogP contribution in [0.15, 0.2) is 59.5 Å². The lowest BCUT2D eigenvalue weighted by atomic mass is 9.76. The summed E-state index contributed by atoms with van der Waals surface area (Å²) in [6.45, 7) is 1.48. The van der Waals surface area contributed by atoms with Gasteiger partial charge in [0.05, 0.1) is 12.1 Å². The quantitative estimate of drug-likeness (QED) is 0.362. The molecule has 0 saturated carbocycles. The van der Waals surface area contributed by atoms with Crippen molar-refractivity contribution in [3.05, 3.63) is 97.6 Å². The molecular weight excluding hydrogens is 502 g/mol. The van der Waals surface area contributed by atoms with E-state index in [1.807, 2.05) is 17.2 Å². The van der Waals surface area contributed by atoms with E-state index in [2.05, 4.69) is 34.1 Å². The second-order valence-electron chi connectivity index (χ2n) is 8.98. The van der Waals surface area contributed by atoms with Crippen LogP contribution < -0.4 is 4.73 Å². The molecule has 1 aliphatic carbocycles. The van der Waals surface area contributed by atoms with E-state index in [1.54, 1.807) is 12.1 Å². The number of carbonyl (C=O) groups is 1. The SMILES string of the molecule is O=C(Cc1cc[n+]([O-])cc1)N1CCC(C2c3ccc(Cl)cc3CCc3cc(Br)cnc32)CC1. The predicted octanol–water partition coefficient (Wildman–Crippen LogP) is 4.84. The van der Waals surface area contributed by atoms with Gasteiger partial charge in [-0.3, -0.25) is 9.78 Å². The minimum Gasteiger partial charge on any atom is -0.619 e. The maximum absolute atomic E-state index is 12.9. The van der Waals surface area contributed by atoms with Gasteiger partial charge in [-0.15, -0.1) is 0 Å². The zero-order chi connectivity index (χ0) is 22.9. The third-order valence-electron chi connectivity index (χ3n) is 6.96. The Balaban J connectivity index is 1.36. The highest BCUT2D eigenvalue weighted by Crippen LogP contribution is 2.43. The van der Waals surface area contributed by atoms with Gasteiger partial charge in [0.2, 0.25) is 5.91 Å². The van der Waals surface area contributed by atoms with Crippen molar-refractivity contribution >= 4 is 33.4 Å². The van der Waals surface area contributed by atoms with Gasteiger partial charge in [-0.1, -0.05) is 17.7 Å². The van der Waals surface area contributed by atoms with E-state index < -0.39 is 0 Å². The van der Waals surface area contributed by atoms with Crippen LogP contribution in [0.2, 0.25) is 5.02 Å². The van der Waals surface area contributed by atoms with Gasteiger partial charge in [-0.2, -0.15) is 4.73 Å². The standard InChI is InChI=1S/C26H25BrClN3O2/c27-21-14-20-2-1-19-15-22(28)3-4-23(19)25(26(20)29-16-21)18-7-9-30(10-8-18)24(32)13-17-5-11-31(33)12-6-17/h3-6,11-12,14-16,18,25H,1-2,7-10,13H2. The molecule has 0 radical (unpaired) electrons. The van der Waals surface area contributed by atoms with Gasteiger partial charge < -0.3 is 10.1 Å². The van der Waals surface area contributed by atoms with Gasteiger partial charge in [0, 0.05) is 46.8 Å². The first kappa shape index (κ1) is 22.4. The second-order valence-corrected chi connectivity index (χ2v) is 10.3. The van der Waals surface area contributed by atoms with Crippen molar-refractivity contribution in [3.8, 4) is 0 Å². The summed E-state index contributed by atoms with van der Waals surface area (Å²) in [5.41, 5.74) is 5.96. The fourth-order valence-corrected chi connectivity index (χ4v) is 5.86. The molecule has 7 heteroatoms. The first-order chi connectivity index (χ1) is 16.0. The Labute approximate surface area is 207 Å². The number of amides is 1. The Kier molecular flexibility index (Phi) is 6.39. The van der Waals surface area contributed by atoms with Gasteiger partial charge >= 0.3 is 0 Å². The number of carbonyl (C=O) groups excluding carboxylic acids is 1. The van der Waals surface area contributed by atoms with Crippen LogP contribution in [0, 0.1) is 11.1 Å². The molecule has 0 N–H and O–H groups in total. The lowest BCUT2D eigenvalue weighted by Crippen LogP contribution is -2.41. The van der Waals surface area contributed by atoms with Crippen LogP contribution in [0.1, 0.15) is 46.7 Å². The highest BCUT2D eigenvalue weighted by molar-refractivity contribution is 9.10. The summed E-state index contributed by atoms with van der Waals surface area (Å²) in [6.07, 6.45) is 8.88. The number of benzene rings is 1. The molecule has 1 unspecified atom stereocenters. The number of rotatable bonds is 3. The maximum Gasteiger partial charge on any atom is 0.226 e. The highest BCUT2D eigenvalue weighted by atomic mass is 79.9. The molecule has 5 rings (SSSR count). The minimum absolute atomic E-state index is 0.118. The molecule has 0 spiro atoms. The van der Waals surface area contributed by atoms with E-state index in [1.165, 1.54) is 34.8 Å². The number of nitrogens with zero attached hydrogens (tertiary/aromatic N) is 3. The normalized spacial score (nSPS) is 18.4. The molecular formula is C26H25BrClN3O2. The fourth-order valence-electron chi connectivity index (χ4n) is 5.29. The monoisotopic (exact) mass is 525 g/mol. The van der Waals surface area contributed by atoms with Gasteiger partial charge in [-0.05, 0) is 88.0 Å². The fraction of sp³-hybridized carbons (Fsp3) is 0.346. The number of likely N-dealkylation sites (tertiary alicyclic amines) is 1. The van der Waals surface area contributed by atoms with E-state index in [-0.39, 0.29) is 11.8 Å². The topological polar surface area (TPSA) is 60.1 Å².